The summed E-state index contributed by atoms with van der Waals surface area (Å²) in [5.41, 5.74) is 0. The third kappa shape index (κ3) is 76.8. The van der Waals surface area contributed by atoms with Gasteiger partial charge >= 0.3 is 27.3 Å². The van der Waals surface area contributed by atoms with E-state index in [-0.39, 0.29) is 27.3 Å². The smallest absolute Gasteiger partial charge is 0.822 e. The number of phosphoric acid groups is 1. The minimum atomic E-state index is -5.39. The molecule has 0 unspecified atom stereocenters. The maximum Gasteiger partial charge on any atom is 3.00 e. The molecule has 0 aromatic carbocycles. The molecule has 0 saturated carbocycles. The van der Waals surface area contributed by atoms with Crippen LogP contribution in [0.4, 0.5) is 0 Å². The van der Waals surface area contributed by atoms with Gasteiger partial charge in [-0.1, -0.05) is 0 Å². The van der Waals surface area contributed by atoms with Gasteiger partial charge in [0, 0.05) is 0 Å². The van der Waals surface area contributed by atoms with Gasteiger partial charge in [-0.2, -0.15) is 7.82 Å². The van der Waals surface area contributed by atoms with Crippen molar-refractivity contribution in [1.29, 1.82) is 0 Å². The molecule has 0 aliphatic rings. The number of rotatable bonds is 0. The van der Waals surface area contributed by atoms with Crippen molar-refractivity contribution in [2.24, 2.45) is 0 Å². The summed E-state index contributed by atoms with van der Waals surface area (Å²) in [4.78, 5) is 25.6. The average Bonchev–Trinajstić information content (AvgIpc) is 0.722. The molecule has 0 bridgehead atoms. The topological polar surface area (TPSA) is 86.2 Å². The van der Waals surface area contributed by atoms with E-state index in [1.165, 1.54) is 0 Å². The van der Waals surface area contributed by atoms with Crippen molar-refractivity contribution in [2.75, 3.05) is 0 Å². The zero-order valence-electron chi connectivity index (χ0n) is 2.66. The second kappa shape index (κ2) is 3.09. The zero-order valence-corrected chi connectivity index (χ0v) is 8.04. The van der Waals surface area contributed by atoms with Gasteiger partial charge < -0.3 is 19.2 Å². The molecule has 0 aliphatic heterocycles. The summed E-state index contributed by atoms with van der Waals surface area (Å²) in [5, 5.41) is 0. The first-order chi connectivity index (χ1) is 2.00. The fourth-order valence-electron chi connectivity index (χ4n) is 0. The van der Waals surface area contributed by atoms with Crippen LogP contribution in [0.1, 0.15) is 0 Å². The van der Waals surface area contributed by atoms with Gasteiger partial charge in [0.25, 0.3) is 0 Å². The largest absolute Gasteiger partial charge is 3.00 e. The van der Waals surface area contributed by atoms with Gasteiger partial charge in [-0.3, -0.25) is 0 Å². The van der Waals surface area contributed by atoms with Crippen LogP contribution in [0.3, 0.4) is 0 Å². The quantitative estimate of drug-likeness (QED) is 0.348. The molecule has 0 aliphatic carbocycles. The van der Waals surface area contributed by atoms with E-state index in [1.54, 1.807) is 0 Å². The fourth-order valence-corrected chi connectivity index (χ4v) is 0. The Morgan fingerprint density at radius 1 is 1.17 bits per heavy atom. The van der Waals surface area contributed by atoms with Gasteiger partial charge in [0.15, 0.2) is 0 Å². The first kappa shape index (κ1) is 10.1. The van der Waals surface area contributed by atoms with E-state index in [4.69, 9.17) is 19.2 Å². The maximum absolute atomic E-state index is 8.55. The Kier molecular flexibility index (Phi) is 5.20. The van der Waals surface area contributed by atoms with Crippen LogP contribution in [0.5, 0.6) is 0 Å². The van der Waals surface area contributed by atoms with E-state index in [9.17, 15) is 0 Å². The molecule has 6 heavy (non-hydrogen) atoms. The van der Waals surface area contributed by atoms with Gasteiger partial charge in [0.1, 0.15) is 0 Å². The van der Waals surface area contributed by atoms with Crippen LogP contribution in [0.15, 0.2) is 0 Å². The second-order valence-corrected chi connectivity index (χ2v) is 1.34. The summed E-state index contributed by atoms with van der Waals surface area (Å²) < 4.78 is 8.55. The molecule has 32 valence electrons. The Morgan fingerprint density at radius 2 is 1.17 bits per heavy atom. The molecule has 0 amide bonds. The summed E-state index contributed by atoms with van der Waals surface area (Å²) in [7, 11) is -5.39. The van der Waals surface area contributed by atoms with E-state index in [0.717, 1.165) is 0 Å². The first-order valence-corrected chi connectivity index (χ1v) is 2.19. The summed E-state index contributed by atoms with van der Waals surface area (Å²) in [6.07, 6.45) is 0. The average molecular weight is 299 g/mol. The minimum Gasteiger partial charge on any atom is -0.822 e. The van der Waals surface area contributed by atoms with Crippen LogP contribution in [-0.4, -0.2) is 27.3 Å². The molecule has 0 aromatic heterocycles. The predicted octanol–water partition coefficient (Wildman–Crippen LogP) is -3.21. The normalized spacial score (nSPS) is 9.83. The molecule has 0 heterocycles. The Labute approximate surface area is 54.6 Å². The summed E-state index contributed by atoms with van der Waals surface area (Å²) in [6.45, 7) is 0. The van der Waals surface area contributed by atoms with Crippen LogP contribution in [0.25, 0.3) is 0 Å². The van der Waals surface area contributed by atoms with Crippen molar-refractivity contribution >= 4 is 35.1 Å². The van der Waals surface area contributed by atoms with E-state index in [2.05, 4.69) is 0 Å². The van der Waals surface area contributed by atoms with Crippen molar-refractivity contribution in [3.63, 3.8) is 0 Å². The fraction of sp³-hybridized carbons (Fsp3) is 0. The third-order valence-corrected chi connectivity index (χ3v) is 0. The van der Waals surface area contributed by atoms with Crippen LogP contribution in [-0.2, 0) is 4.57 Å². The minimum absolute atomic E-state index is 0. The molecule has 0 saturated heterocycles. The van der Waals surface area contributed by atoms with E-state index < -0.39 is 7.82 Å². The maximum atomic E-state index is 8.55. The van der Waals surface area contributed by atoms with E-state index in [1.807, 2.05) is 0 Å². The second-order valence-electron chi connectivity index (χ2n) is 0.447. The number of hydrogen-bond acceptors (Lipinski definition) is 4. The first-order valence-electron chi connectivity index (χ1n) is 0.730. The van der Waals surface area contributed by atoms with Gasteiger partial charge in [-0.15, -0.1) is 0 Å². The van der Waals surface area contributed by atoms with Crippen LogP contribution >= 0.6 is 7.82 Å². The van der Waals surface area contributed by atoms with E-state index >= 15 is 0 Å². The Balaban J connectivity index is 0. The monoisotopic (exact) mass is 300 g/mol. The SMILES string of the molecule is O=P([O-])([O-])[O-].[Tl+3]. The Morgan fingerprint density at radius 3 is 1.17 bits per heavy atom. The van der Waals surface area contributed by atoms with Crippen LogP contribution < -0.4 is 14.7 Å². The third-order valence-electron chi connectivity index (χ3n) is 0. The molecular weight excluding hydrogens is 299 g/mol. The molecule has 4 nitrogen and oxygen atoms in total. The van der Waals surface area contributed by atoms with Crippen molar-refractivity contribution in [1.82, 2.24) is 0 Å². The van der Waals surface area contributed by atoms with Crippen LogP contribution in [0, 0.1) is 0 Å². The summed E-state index contributed by atoms with van der Waals surface area (Å²) in [6, 6.07) is 0. The Bertz CT molecular complexity index is 53.7. The zero-order chi connectivity index (χ0) is 4.50. The molecule has 0 atom stereocenters. The molecule has 0 N–H and O–H groups in total. The molecule has 0 aromatic rings. The van der Waals surface area contributed by atoms with Gasteiger partial charge in [0.2, 0.25) is 0 Å². The van der Waals surface area contributed by atoms with Gasteiger partial charge in [-0.25, -0.2) is 0 Å². The number of hydrogen-bond donors (Lipinski definition) is 0. The molecular formula is O4PTl. The molecule has 6 heteroatoms. The molecule has 0 fully saturated rings. The predicted molar refractivity (Wildman–Crippen MR) is 13.4 cm³/mol. The standard InChI is InChI=1S/H3O4P.Tl/c1-5(2,3)4;/h(H3,1,2,3,4);/q;+3/p-3. The van der Waals surface area contributed by atoms with Crippen molar-refractivity contribution in [2.45, 2.75) is 0 Å². The van der Waals surface area contributed by atoms with Gasteiger partial charge in [0.05, 0.1) is 0 Å². The van der Waals surface area contributed by atoms with Crippen molar-refractivity contribution in [3.8, 4) is 0 Å². The van der Waals surface area contributed by atoms with Crippen molar-refractivity contribution in [3.05, 3.63) is 0 Å². The molecule has 0 radical (unpaired) electrons. The molecule has 0 spiro atoms. The molecule has 0 rings (SSSR count). The summed E-state index contributed by atoms with van der Waals surface area (Å²) in [5.74, 6) is 0. The Hall–Kier alpha value is 1.03. The van der Waals surface area contributed by atoms with Gasteiger partial charge in [-0.05, 0) is 0 Å². The van der Waals surface area contributed by atoms with Crippen molar-refractivity contribution < 1.29 is 19.2 Å². The van der Waals surface area contributed by atoms with Crippen LogP contribution in [0.2, 0.25) is 0 Å². The van der Waals surface area contributed by atoms with E-state index in [0.29, 0.717) is 0 Å². The summed E-state index contributed by atoms with van der Waals surface area (Å²) >= 11 is 0.